The Morgan fingerprint density at radius 2 is 1.76 bits per heavy atom. The summed E-state index contributed by atoms with van der Waals surface area (Å²) in [5.74, 6) is -0.767. The zero-order valence-electron chi connectivity index (χ0n) is 18.3. The molecule has 0 fully saturated rings. The van der Waals surface area contributed by atoms with Crippen LogP contribution in [0.3, 0.4) is 0 Å². The second kappa shape index (κ2) is 8.39. The smallest absolute Gasteiger partial charge is 0.307 e. The van der Waals surface area contributed by atoms with Crippen LogP contribution in [0.2, 0.25) is 0 Å². The number of hydrogen-bond acceptors (Lipinski definition) is 5. The summed E-state index contributed by atoms with van der Waals surface area (Å²) in [5, 5.41) is 4.04. The zero-order chi connectivity index (χ0) is 24.8. The van der Waals surface area contributed by atoms with Crippen molar-refractivity contribution in [1.29, 1.82) is 0 Å². The molecule has 3 aromatic rings. The first-order valence-electron chi connectivity index (χ1n) is 10.3. The van der Waals surface area contributed by atoms with Gasteiger partial charge in [-0.15, -0.1) is 0 Å². The molecular weight excluding hydrogens is 471 g/mol. The van der Waals surface area contributed by atoms with Crippen molar-refractivity contribution in [3.8, 4) is 5.69 Å². The number of anilines is 1. The van der Waals surface area contributed by atoms with Crippen LogP contribution in [0.4, 0.5) is 18.9 Å². The van der Waals surface area contributed by atoms with Crippen LogP contribution in [0.15, 0.2) is 58.2 Å². The number of carbonyl (C=O) groups is 1. The van der Waals surface area contributed by atoms with E-state index in [4.69, 9.17) is 0 Å². The van der Waals surface area contributed by atoms with Crippen molar-refractivity contribution in [1.82, 2.24) is 9.78 Å². The zero-order valence-corrected chi connectivity index (χ0v) is 19.1. The summed E-state index contributed by atoms with van der Waals surface area (Å²) in [5.41, 5.74) is -1.31. The minimum atomic E-state index is -4.67. The van der Waals surface area contributed by atoms with E-state index in [1.165, 1.54) is 48.2 Å². The summed E-state index contributed by atoms with van der Waals surface area (Å²) >= 11 is 0. The van der Waals surface area contributed by atoms with Gasteiger partial charge in [0.1, 0.15) is 0 Å². The number of amides is 1. The average Bonchev–Trinajstić information content (AvgIpc) is 2.77. The van der Waals surface area contributed by atoms with Crippen LogP contribution >= 0.6 is 0 Å². The van der Waals surface area contributed by atoms with Gasteiger partial charge in [0.25, 0.3) is 5.91 Å². The molecule has 0 radical (unpaired) electrons. The molecule has 178 valence electrons. The van der Waals surface area contributed by atoms with Crippen LogP contribution in [0.5, 0.6) is 0 Å². The predicted molar refractivity (Wildman–Crippen MR) is 119 cm³/mol. The van der Waals surface area contributed by atoms with E-state index in [1.807, 2.05) is 0 Å². The first kappa shape index (κ1) is 23.7. The largest absolute Gasteiger partial charge is 0.418 e. The van der Waals surface area contributed by atoms with Crippen LogP contribution in [0, 0.1) is 6.92 Å². The van der Waals surface area contributed by atoms with Crippen molar-refractivity contribution >= 4 is 21.4 Å². The number of nitrogens with zero attached hydrogens (tertiary/aromatic N) is 3. The molecule has 2 aromatic carbocycles. The van der Waals surface area contributed by atoms with Gasteiger partial charge in [0.05, 0.1) is 16.1 Å². The van der Waals surface area contributed by atoms with Gasteiger partial charge in [-0.1, -0.05) is 12.1 Å². The lowest BCUT2D eigenvalue weighted by molar-refractivity contribution is -0.137. The molecule has 0 atom stereocenters. The first-order chi connectivity index (χ1) is 15.9. The number of alkyl halides is 3. The van der Waals surface area contributed by atoms with Crippen molar-refractivity contribution in [3.05, 3.63) is 81.3 Å². The molecule has 1 aliphatic rings. The van der Waals surface area contributed by atoms with E-state index in [0.29, 0.717) is 24.1 Å². The SMILES string of the molecule is Cc1cc(=O)c(C(=O)N2CCCc3cc(S(C)(=O)=O)ccc32)nn1-c1ccccc1C(F)(F)F. The summed E-state index contributed by atoms with van der Waals surface area (Å²) in [4.78, 5) is 27.4. The molecule has 0 bridgehead atoms. The molecule has 1 aliphatic heterocycles. The molecule has 0 saturated heterocycles. The minimum absolute atomic E-state index is 0.111. The fourth-order valence-electron chi connectivity index (χ4n) is 3.98. The lowest BCUT2D eigenvalue weighted by Gasteiger charge is -2.29. The monoisotopic (exact) mass is 491 g/mol. The second-order valence-corrected chi connectivity index (χ2v) is 10.1. The molecule has 1 amide bonds. The predicted octanol–water partition coefficient (Wildman–Crippen LogP) is 3.56. The third-order valence-corrected chi connectivity index (χ3v) is 6.70. The van der Waals surface area contributed by atoms with Crippen LogP contribution in [-0.2, 0) is 22.4 Å². The topological polar surface area (TPSA) is 89.3 Å². The molecule has 0 unspecified atom stereocenters. The van der Waals surface area contributed by atoms with E-state index in [-0.39, 0.29) is 22.8 Å². The van der Waals surface area contributed by atoms with Crippen LogP contribution in [0.25, 0.3) is 5.69 Å². The van der Waals surface area contributed by atoms with Gasteiger partial charge in [0.15, 0.2) is 15.5 Å². The molecule has 7 nitrogen and oxygen atoms in total. The van der Waals surface area contributed by atoms with Gasteiger partial charge < -0.3 is 4.90 Å². The maximum Gasteiger partial charge on any atom is 0.418 e. The number of sulfone groups is 1. The van der Waals surface area contributed by atoms with Gasteiger partial charge in [0, 0.05) is 30.2 Å². The summed E-state index contributed by atoms with van der Waals surface area (Å²) in [6.45, 7) is 1.68. The highest BCUT2D eigenvalue weighted by Gasteiger charge is 2.35. The Morgan fingerprint density at radius 1 is 1.06 bits per heavy atom. The third-order valence-electron chi connectivity index (χ3n) is 5.59. The van der Waals surface area contributed by atoms with Gasteiger partial charge in [-0.05, 0) is 55.7 Å². The number of aryl methyl sites for hydroxylation is 2. The summed E-state index contributed by atoms with van der Waals surface area (Å²) < 4.78 is 65.4. The fourth-order valence-corrected chi connectivity index (χ4v) is 4.65. The third kappa shape index (κ3) is 4.35. The Morgan fingerprint density at radius 3 is 2.44 bits per heavy atom. The number of para-hydroxylation sites is 1. The number of halogens is 3. The van der Waals surface area contributed by atoms with Crippen molar-refractivity contribution in [2.75, 3.05) is 17.7 Å². The van der Waals surface area contributed by atoms with Crippen molar-refractivity contribution < 1.29 is 26.4 Å². The van der Waals surface area contributed by atoms with Crippen LogP contribution in [-0.4, -0.2) is 36.9 Å². The Kier molecular flexibility index (Phi) is 5.84. The Labute approximate surface area is 193 Å². The Balaban J connectivity index is 1.81. The first-order valence-corrected chi connectivity index (χ1v) is 12.2. The van der Waals surface area contributed by atoms with E-state index < -0.39 is 38.6 Å². The number of carbonyl (C=O) groups excluding carboxylic acids is 1. The lowest BCUT2D eigenvalue weighted by Crippen LogP contribution is -2.39. The van der Waals surface area contributed by atoms with Crippen LogP contribution in [0.1, 0.15) is 33.7 Å². The molecule has 4 rings (SSSR count). The second-order valence-electron chi connectivity index (χ2n) is 8.05. The molecule has 1 aromatic heterocycles. The molecule has 0 saturated carbocycles. The van der Waals surface area contributed by atoms with Gasteiger partial charge in [-0.2, -0.15) is 18.3 Å². The number of fused-ring (bicyclic) bond motifs is 1. The molecule has 0 spiro atoms. The van der Waals surface area contributed by atoms with Crippen molar-refractivity contribution in [3.63, 3.8) is 0 Å². The minimum Gasteiger partial charge on any atom is -0.307 e. The number of hydrogen-bond donors (Lipinski definition) is 0. The molecular formula is C23H20F3N3O4S. The summed E-state index contributed by atoms with van der Waals surface area (Å²) in [7, 11) is -3.45. The Hall–Kier alpha value is -3.47. The van der Waals surface area contributed by atoms with E-state index >= 15 is 0 Å². The molecule has 2 heterocycles. The fraction of sp³-hybridized carbons (Fsp3) is 0.261. The lowest BCUT2D eigenvalue weighted by atomic mass is 10.0. The average molecular weight is 491 g/mol. The van der Waals surface area contributed by atoms with E-state index in [1.54, 1.807) is 0 Å². The number of rotatable bonds is 3. The summed E-state index contributed by atoms with van der Waals surface area (Å²) in [6, 6.07) is 10.2. The molecule has 34 heavy (non-hydrogen) atoms. The molecule has 0 aliphatic carbocycles. The number of aromatic nitrogens is 2. The standard InChI is InChI=1S/C23H20F3N3O4S/c1-14-12-20(30)21(27-29(14)19-8-4-3-7-17(19)23(24,25)26)22(31)28-11-5-6-15-13-16(34(2,32)33)9-10-18(15)28/h3-4,7-10,12-13H,5-6,11H2,1-2H3. The van der Waals surface area contributed by atoms with Crippen molar-refractivity contribution in [2.45, 2.75) is 30.8 Å². The normalized spacial score (nSPS) is 14.1. The van der Waals surface area contributed by atoms with E-state index in [9.17, 15) is 31.2 Å². The maximum absolute atomic E-state index is 13.6. The highest BCUT2D eigenvalue weighted by molar-refractivity contribution is 7.90. The van der Waals surface area contributed by atoms with E-state index in [0.717, 1.165) is 23.1 Å². The van der Waals surface area contributed by atoms with E-state index in [2.05, 4.69) is 5.10 Å². The van der Waals surface area contributed by atoms with Gasteiger partial charge in [-0.25, -0.2) is 13.1 Å². The molecule has 0 N–H and O–H groups in total. The van der Waals surface area contributed by atoms with Crippen LogP contribution < -0.4 is 10.3 Å². The quantitative estimate of drug-likeness (QED) is 0.559. The maximum atomic E-state index is 13.6. The van der Waals surface area contributed by atoms with Gasteiger partial charge in [0.2, 0.25) is 5.43 Å². The highest BCUT2D eigenvalue weighted by atomic mass is 32.2. The van der Waals surface area contributed by atoms with Crippen molar-refractivity contribution in [2.24, 2.45) is 0 Å². The highest BCUT2D eigenvalue weighted by Crippen LogP contribution is 2.34. The van der Waals surface area contributed by atoms with Gasteiger partial charge in [-0.3, -0.25) is 9.59 Å². The summed E-state index contributed by atoms with van der Waals surface area (Å²) in [6.07, 6.45) is -2.53. The number of benzene rings is 2. The Bertz CT molecular complexity index is 1460. The van der Waals surface area contributed by atoms with Gasteiger partial charge >= 0.3 is 6.18 Å². The molecule has 11 heteroatoms.